The van der Waals surface area contributed by atoms with E-state index in [-0.39, 0.29) is 0 Å². The number of ether oxygens (including phenoxy) is 1. The molecule has 0 heterocycles. The Bertz CT molecular complexity index is 494. The van der Waals surface area contributed by atoms with Crippen LogP contribution >= 0.6 is 0 Å². The molecule has 1 atom stereocenters. The van der Waals surface area contributed by atoms with Crippen molar-refractivity contribution >= 4 is 18.0 Å². The molecule has 21 heavy (non-hydrogen) atoms. The van der Waals surface area contributed by atoms with Crippen LogP contribution in [-0.4, -0.2) is 29.6 Å². The van der Waals surface area contributed by atoms with Crippen LogP contribution in [0, 0.1) is 0 Å². The smallest absolute Gasteiger partial charge is 0.326 e. The molecule has 0 saturated heterocycles. The summed E-state index contributed by atoms with van der Waals surface area (Å²) in [6.07, 6.45) is 4.08. The molecule has 0 bridgehead atoms. The predicted molar refractivity (Wildman–Crippen MR) is 81.1 cm³/mol. The van der Waals surface area contributed by atoms with Gasteiger partial charge in [-0.3, -0.25) is 4.79 Å². The van der Waals surface area contributed by atoms with E-state index in [1.165, 1.54) is 6.08 Å². The summed E-state index contributed by atoms with van der Waals surface area (Å²) in [4.78, 5) is 22.6. The van der Waals surface area contributed by atoms with E-state index in [0.29, 0.717) is 19.4 Å². The maximum absolute atomic E-state index is 11.7. The summed E-state index contributed by atoms with van der Waals surface area (Å²) >= 11 is 0. The van der Waals surface area contributed by atoms with Gasteiger partial charge >= 0.3 is 5.97 Å². The largest absolute Gasteiger partial charge is 0.494 e. The van der Waals surface area contributed by atoms with E-state index in [1.807, 2.05) is 38.1 Å². The molecule has 0 saturated carbocycles. The molecule has 0 aliphatic rings. The van der Waals surface area contributed by atoms with Crippen LogP contribution in [-0.2, 0) is 9.59 Å². The van der Waals surface area contributed by atoms with Crippen LogP contribution in [0.3, 0.4) is 0 Å². The molecular weight excluding hydrogens is 270 g/mol. The van der Waals surface area contributed by atoms with Crippen molar-refractivity contribution in [3.05, 3.63) is 35.9 Å². The van der Waals surface area contributed by atoms with Crippen LogP contribution in [0.1, 0.15) is 32.3 Å². The Morgan fingerprint density at radius 1 is 1.29 bits per heavy atom. The van der Waals surface area contributed by atoms with Crippen LogP contribution < -0.4 is 10.1 Å². The lowest BCUT2D eigenvalue weighted by molar-refractivity contribution is -0.141. The number of nitrogens with one attached hydrogen (secondary N) is 1. The molecule has 1 aromatic carbocycles. The Balaban J connectivity index is 2.58. The molecule has 1 unspecified atom stereocenters. The fourth-order valence-corrected chi connectivity index (χ4v) is 1.78. The van der Waals surface area contributed by atoms with Crippen LogP contribution in [0.25, 0.3) is 6.08 Å². The summed E-state index contributed by atoms with van der Waals surface area (Å²) in [6.45, 7) is 4.39. The second-order valence-electron chi connectivity index (χ2n) is 4.52. The maximum Gasteiger partial charge on any atom is 0.326 e. The van der Waals surface area contributed by atoms with E-state index >= 15 is 0 Å². The van der Waals surface area contributed by atoms with Crippen LogP contribution in [0.5, 0.6) is 5.75 Å². The number of benzene rings is 1. The molecule has 0 aliphatic heterocycles. The number of rotatable bonds is 8. The molecule has 1 amide bonds. The highest BCUT2D eigenvalue weighted by atomic mass is 16.5. The van der Waals surface area contributed by atoms with Crippen molar-refractivity contribution in [1.29, 1.82) is 0 Å². The zero-order chi connectivity index (χ0) is 15.7. The van der Waals surface area contributed by atoms with Gasteiger partial charge in [0.05, 0.1) is 6.61 Å². The number of carboxylic acid groups (broad SMARTS) is 1. The summed E-state index contributed by atoms with van der Waals surface area (Å²) in [6, 6.07) is 6.45. The summed E-state index contributed by atoms with van der Waals surface area (Å²) in [7, 11) is 0. The molecule has 1 aromatic rings. The van der Waals surface area contributed by atoms with Gasteiger partial charge in [0.1, 0.15) is 11.8 Å². The first kappa shape index (κ1) is 16.8. The number of carbonyl (C=O) groups excluding carboxylic acids is 1. The Morgan fingerprint density at radius 2 is 1.95 bits per heavy atom. The Morgan fingerprint density at radius 3 is 2.48 bits per heavy atom. The first-order valence-corrected chi connectivity index (χ1v) is 7.01. The highest BCUT2D eigenvalue weighted by molar-refractivity contribution is 5.94. The summed E-state index contributed by atoms with van der Waals surface area (Å²) in [5.41, 5.74) is 0.843. The van der Waals surface area contributed by atoms with Gasteiger partial charge in [0.2, 0.25) is 5.91 Å². The van der Waals surface area contributed by atoms with Crippen molar-refractivity contribution in [2.45, 2.75) is 32.7 Å². The molecule has 1 rings (SSSR count). The summed E-state index contributed by atoms with van der Waals surface area (Å²) in [5, 5.41) is 11.4. The third-order valence-corrected chi connectivity index (χ3v) is 2.81. The second-order valence-corrected chi connectivity index (χ2v) is 4.52. The third-order valence-electron chi connectivity index (χ3n) is 2.81. The van der Waals surface area contributed by atoms with E-state index in [0.717, 1.165) is 11.3 Å². The minimum absolute atomic E-state index is 0.412. The van der Waals surface area contributed by atoms with E-state index < -0.39 is 17.9 Å². The normalized spacial score (nSPS) is 12.1. The third kappa shape index (κ3) is 6.12. The fourth-order valence-electron chi connectivity index (χ4n) is 1.78. The van der Waals surface area contributed by atoms with Crippen LogP contribution in [0.2, 0.25) is 0 Å². The monoisotopic (exact) mass is 291 g/mol. The highest BCUT2D eigenvalue weighted by Gasteiger charge is 2.17. The summed E-state index contributed by atoms with van der Waals surface area (Å²) < 4.78 is 5.32. The molecule has 114 valence electrons. The first-order chi connectivity index (χ1) is 10.1. The van der Waals surface area contributed by atoms with Gasteiger partial charge < -0.3 is 15.2 Å². The Kier molecular flexibility index (Phi) is 7.01. The minimum atomic E-state index is -1.01. The first-order valence-electron chi connectivity index (χ1n) is 7.01. The van der Waals surface area contributed by atoms with Crippen molar-refractivity contribution in [3.8, 4) is 5.75 Å². The molecule has 0 radical (unpaired) electrons. The molecule has 5 nitrogen and oxygen atoms in total. The fraction of sp³-hybridized carbons (Fsp3) is 0.375. The van der Waals surface area contributed by atoms with Crippen molar-refractivity contribution in [2.75, 3.05) is 6.61 Å². The second kappa shape index (κ2) is 8.79. The van der Waals surface area contributed by atoms with E-state index in [9.17, 15) is 9.59 Å². The van der Waals surface area contributed by atoms with E-state index in [4.69, 9.17) is 9.84 Å². The van der Waals surface area contributed by atoms with Gasteiger partial charge in [-0.25, -0.2) is 4.79 Å². The molecule has 2 N–H and O–H groups in total. The van der Waals surface area contributed by atoms with Gasteiger partial charge in [0.25, 0.3) is 0 Å². The number of hydrogen-bond donors (Lipinski definition) is 2. The average Bonchev–Trinajstić information content (AvgIpc) is 2.46. The van der Waals surface area contributed by atoms with Crippen molar-refractivity contribution < 1.29 is 19.4 Å². The zero-order valence-electron chi connectivity index (χ0n) is 12.3. The van der Waals surface area contributed by atoms with Crippen molar-refractivity contribution in [1.82, 2.24) is 5.32 Å². The number of amides is 1. The van der Waals surface area contributed by atoms with Gasteiger partial charge in [-0.05, 0) is 37.1 Å². The lowest BCUT2D eigenvalue weighted by Crippen LogP contribution is -2.39. The lowest BCUT2D eigenvalue weighted by Gasteiger charge is -2.11. The number of carboxylic acids is 1. The van der Waals surface area contributed by atoms with Gasteiger partial charge in [0.15, 0.2) is 0 Å². The maximum atomic E-state index is 11.7. The summed E-state index contributed by atoms with van der Waals surface area (Å²) in [5.74, 6) is -0.655. The molecular formula is C16H21NO4. The predicted octanol–water partition coefficient (Wildman–Crippen LogP) is 2.47. The zero-order valence-corrected chi connectivity index (χ0v) is 12.3. The average molecular weight is 291 g/mol. The SMILES string of the molecule is CCCC(NC(=O)/C=C/c1ccc(OCC)cc1)C(=O)O. The Labute approximate surface area is 124 Å². The number of carbonyl (C=O) groups is 2. The molecule has 0 aliphatic carbocycles. The number of hydrogen-bond acceptors (Lipinski definition) is 3. The van der Waals surface area contributed by atoms with E-state index in [1.54, 1.807) is 6.08 Å². The van der Waals surface area contributed by atoms with Gasteiger partial charge in [-0.2, -0.15) is 0 Å². The van der Waals surface area contributed by atoms with E-state index in [2.05, 4.69) is 5.32 Å². The van der Waals surface area contributed by atoms with Crippen molar-refractivity contribution in [3.63, 3.8) is 0 Å². The van der Waals surface area contributed by atoms with Gasteiger partial charge in [-0.1, -0.05) is 25.5 Å². The number of aliphatic carboxylic acids is 1. The van der Waals surface area contributed by atoms with Crippen LogP contribution in [0.4, 0.5) is 0 Å². The molecule has 0 spiro atoms. The Hall–Kier alpha value is -2.30. The van der Waals surface area contributed by atoms with Crippen LogP contribution in [0.15, 0.2) is 30.3 Å². The topological polar surface area (TPSA) is 75.6 Å². The van der Waals surface area contributed by atoms with Crippen molar-refractivity contribution in [2.24, 2.45) is 0 Å². The molecule has 0 aromatic heterocycles. The standard InChI is InChI=1S/C16H21NO4/c1-3-5-14(16(19)20)17-15(18)11-8-12-6-9-13(10-7-12)21-4-2/h6-11,14H,3-5H2,1-2H3,(H,17,18)(H,19,20)/b11-8+. The van der Waals surface area contributed by atoms with Gasteiger partial charge in [0, 0.05) is 6.08 Å². The highest BCUT2D eigenvalue weighted by Crippen LogP contribution is 2.13. The molecule has 5 heteroatoms. The lowest BCUT2D eigenvalue weighted by atomic mass is 10.1. The quantitative estimate of drug-likeness (QED) is 0.721. The molecule has 0 fully saturated rings. The minimum Gasteiger partial charge on any atom is -0.494 e. The van der Waals surface area contributed by atoms with Gasteiger partial charge in [-0.15, -0.1) is 0 Å².